The van der Waals surface area contributed by atoms with Gasteiger partial charge in [-0.1, -0.05) is 18.2 Å². The number of fused-ring (bicyclic) bond motifs is 4. The van der Waals surface area contributed by atoms with Crippen molar-refractivity contribution in [1.82, 2.24) is 14.7 Å². The molecule has 2 aromatic carbocycles. The first-order valence-electron chi connectivity index (χ1n) is 9.54. The molecule has 29 heavy (non-hydrogen) atoms. The number of hydrogen-bond acceptors (Lipinski definition) is 3. The minimum atomic E-state index is -1.10. The topological polar surface area (TPSA) is 47.4 Å². The van der Waals surface area contributed by atoms with E-state index >= 15 is 0 Å². The molecule has 0 atom stereocenters. The Morgan fingerprint density at radius 3 is 2.66 bits per heavy atom. The van der Waals surface area contributed by atoms with Gasteiger partial charge in [-0.2, -0.15) is 5.10 Å². The summed E-state index contributed by atoms with van der Waals surface area (Å²) in [6.45, 7) is 0.760. The number of piperidine rings is 1. The van der Waals surface area contributed by atoms with Crippen molar-refractivity contribution in [3.8, 4) is 17.0 Å². The normalized spacial score (nSPS) is 16.9. The zero-order valence-corrected chi connectivity index (χ0v) is 15.9. The van der Waals surface area contributed by atoms with Gasteiger partial charge in [0, 0.05) is 44.1 Å². The van der Waals surface area contributed by atoms with Gasteiger partial charge in [0.1, 0.15) is 11.4 Å². The SMILES string of the molecule is Cn1ncc2c1-c1ccccc1OC21CCN(C(=O)c2cccc(F)c2F)CC1. The number of likely N-dealkylation sites (tertiary alicyclic amines) is 1. The van der Waals surface area contributed by atoms with E-state index in [4.69, 9.17) is 4.74 Å². The summed E-state index contributed by atoms with van der Waals surface area (Å²) < 4.78 is 35.9. The van der Waals surface area contributed by atoms with Crippen molar-refractivity contribution in [2.24, 2.45) is 7.05 Å². The van der Waals surface area contributed by atoms with Crippen LogP contribution in [0.3, 0.4) is 0 Å². The molecule has 0 radical (unpaired) electrons. The first-order chi connectivity index (χ1) is 14.0. The van der Waals surface area contributed by atoms with Crippen molar-refractivity contribution in [2.75, 3.05) is 13.1 Å². The van der Waals surface area contributed by atoms with Crippen LogP contribution in [0.2, 0.25) is 0 Å². The van der Waals surface area contributed by atoms with Gasteiger partial charge in [-0.05, 0) is 24.3 Å². The quantitative estimate of drug-likeness (QED) is 0.628. The second-order valence-electron chi connectivity index (χ2n) is 7.52. The van der Waals surface area contributed by atoms with Crippen molar-refractivity contribution in [3.63, 3.8) is 0 Å². The highest BCUT2D eigenvalue weighted by molar-refractivity contribution is 5.94. The van der Waals surface area contributed by atoms with Crippen molar-refractivity contribution < 1.29 is 18.3 Å². The molecule has 0 saturated carbocycles. The first kappa shape index (κ1) is 17.8. The van der Waals surface area contributed by atoms with E-state index in [-0.39, 0.29) is 5.56 Å². The van der Waals surface area contributed by atoms with E-state index in [9.17, 15) is 13.6 Å². The van der Waals surface area contributed by atoms with E-state index in [1.165, 1.54) is 12.1 Å². The Kier molecular flexibility index (Phi) is 3.94. The molecule has 0 N–H and O–H groups in total. The summed E-state index contributed by atoms with van der Waals surface area (Å²) in [6, 6.07) is 11.5. The summed E-state index contributed by atoms with van der Waals surface area (Å²) in [7, 11) is 1.90. The number of aryl methyl sites for hydroxylation is 1. The van der Waals surface area contributed by atoms with Crippen molar-refractivity contribution in [2.45, 2.75) is 18.4 Å². The molecule has 2 aliphatic rings. The highest BCUT2D eigenvalue weighted by Gasteiger charge is 2.46. The average Bonchev–Trinajstić information content (AvgIpc) is 3.13. The Labute approximate surface area is 166 Å². The van der Waals surface area contributed by atoms with Gasteiger partial charge in [0.2, 0.25) is 0 Å². The van der Waals surface area contributed by atoms with Gasteiger partial charge < -0.3 is 9.64 Å². The number of carbonyl (C=O) groups excluding carboxylic acids is 1. The van der Waals surface area contributed by atoms with Gasteiger partial charge in [0.15, 0.2) is 11.6 Å². The third-order valence-corrected chi connectivity index (χ3v) is 5.92. The van der Waals surface area contributed by atoms with Gasteiger partial charge in [-0.25, -0.2) is 8.78 Å². The molecule has 1 aromatic heterocycles. The number of para-hydroxylation sites is 1. The predicted molar refractivity (Wildman–Crippen MR) is 102 cm³/mol. The number of aromatic nitrogens is 2. The smallest absolute Gasteiger partial charge is 0.256 e. The zero-order valence-electron chi connectivity index (χ0n) is 15.9. The van der Waals surface area contributed by atoms with Crippen LogP contribution in [0, 0.1) is 11.6 Å². The lowest BCUT2D eigenvalue weighted by atomic mass is 9.81. The molecular weight excluding hydrogens is 376 g/mol. The highest BCUT2D eigenvalue weighted by Crippen LogP contribution is 2.49. The lowest BCUT2D eigenvalue weighted by Crippen LogP contribution is -2.49. The number of nitrogens with zero attached hydrogens (tertiary/aromatic N) is 3. The number of amides is 1. The molecule has 3 aromatic rings. The monoisotopic (exact) mass is 395 g/mol. The van der Waals surface area contributed by atoms with Crippen LogP contribution in [0.5, 0.6) is 5.75 Å². The number of halogens is 2. The fraction of sp³-hybridized carbons (Fsp3) is 0.273. The number of hydrogen-bond donors (Lipinski definition) is 0. The van der Waals surface area contributed by atoms with Crippen LogP contribution in [-0.4, -0.2) is 33.7 Å². The molecule has 7 heteroatoms. The molecular formula is C22H19F2N3O2. The molecule has 3 heterocycles. The third kappa shape index (κ3) is 2.64. The van der Waals surface area contributed by atoms with E-state index in [1.54, 1.807) is 4.90 Å². The van der Waals surface area contributed by atoms with E-state index in [0.717, 1.165) is 28.6 Å². The maximum absolute atomic E-state index is 14.1. The summed E-state index contributed by atoms with van der Waals surface area (Å²) in [5.41, 5.74) is 2.19. The van der Waals surface area contributed by atoms with Crippen molar-refractivity contribution >= 4 is 5.91 Å². The predicted octanol–water partition coefficient (Wildman–Crippen LogP) is 3.89. The fourth-order valence-electron chi connectivity index (χ4n) is 4.39. The van der Waals surface area contributed by atoms with Crippen molar-refractivity contribution in [1.29, 1.82) is 0 Å². The van der Waals surface area contributed by atoms with E-state index in [0.29, 0.717) is 25.9 Å². The first-order valence-corrected chi connectivity index (χ1v) is 9.54. The van der Waals surface area contributed by atoms with Gasteiger partial charge in [-0.15, -0.1) is 0 Å². The largest absolute Gasteiger partial charge is 0.482 e. The van der Waals surface area contributed by atoms with E-state index in [2.05, 4.69) is 5.10 Å². The Morgan fingerprint density at radius 1 is 1.10 bits per heavy atom. The summed E-state index contributed by atoms with van der Waals surface area (Å²) in [5, 5.41) is 4.43. The highest BCUT2D eigenvalue weighted by atomic mass is 19.2. The Hall–Kier alpha value is -3.22. The Morgan fingerprint density at radius 2 is 1.86 bits per heavy atom. The summed E-state index contributed by atoms with van der Waals surface area (Å²) in [6.07, 6.45) is 2.92. The lowest BCUT2D eigenvalue weighted by molar-refractivity contribution is -0.00187. The van der Waals surface area contributed by atoms with Gasteiger partial charge in [-0.3, -0.25) is 9.48 Å². The van der Waals surface area contributed by atoms with Crippen LogP contribution in [-0.2, 0) is 12.6 Å². The molecule has 1 saturated heterocycles. The van der Waals surface area contributed by atoms with Crippen molar-refractivity contribution in [3.05, 3.63) is 71.4 Å². The summed E-state index contributed by atoms with van der Waals surface area (Å²) in [4.78, 5) is 14.3. The summed E-state index contributed by atoms with van der Waals surface area (Å²) in [5.74, 6) is -1.83. The molecule has 5 rings (SSSR count). The Balaban J connectivity index is 1.44. The molecule has 1 spiro atoms. The van der Waals surface area contributed by atoms with Crippen LogP contribution >= 0.6 is 0 Å². The van der Waals surface area contributed by atoms with Crippen LogP contribution in [0.1, 0.15) is 28.8 Å². The number of benzene rings is 2. The Bertz CT molecular complexity index is 1120. The molecule has 148 valence electrons. The van der Waals surface area contributed by atoms with Crippen LogP contribution < -0.4 is 4.74 Å². The average molecular weight is 395 g/mol. The zero-order chi connectivity index (χ0) is 20.2. The minimum Gasteiger partial charge on any atom is -0.482 e. The standard InChI is InChI=1S/C22H19F2N3O2/c1-26-20-14-5-2-3-8-18(14)29-22(16(20)13-25-26)9-11-27(12-10-22)21(28)15-6-4-7-17(23)19(15)24/h2-8,13H,9-12H2,1H3. The van der Waals surface area contributed by atoms with Gasteiger partial charge in [0.05, 0.1) is 17.5 Å². The lowest BCUT2D eigenvalue weighted by Gasteiger charge is -2.44. The molecule has 0 bridgehead atoms. The molecule has 1 amide bonds. The molecule has 0 unspecified atom stereocenters. The van der Waals surface area contributed by atoms with Crippen LogP contribution in [0.15, 0.2) is 48.7 Å². The summed E-state index contributed by atoms with van der Waals surface area (Å²) >= 11 is 0. The van der Waals surface area contributed by atoms with E-state index < -0.39 is 23.1 Å². The maximum Gasteiger partial charge on any atom is 0.256 e. The molecule has 2 aliphatic heterocycles. The molecule has 1 fully saturated rings. The third-order valence-electron chi connectivity index (χ3n) is 5.92. The number of carbonyl (C=O) groups is 1. The number of ether oxygens (including phenoxy) is 1. The van der Waals surface area contributed by atoms with E-state index in [1.807, 2.05) is 42.2 Å². The maximum atomic E-state index is 14.1. The minimum absolute atomic E-state index is 0.238. The molecule has 5 nitrogen and oxygen atoms in total. The second kappa shape index (κ2) is 6.40. The van der Waals surface area contributed by atoms with Crippen LogP contribution in [0.25, 0.3) is 11.3 Å². The second-order valence-corrected chi connectivity index (χ2v) is 7.52. The van der Waals surface area contributed by atoms with Crippen LogP contribution in [0.4, 0.5) is 8.78 Å². The molecule has 0 aliphatic carbocycles. The fourth-order valence-corrected chi connectivity index (χ4v) is 4.39. The number of rotatable bonds is 1. The van der Waals surface area contributed by atoms with Gasteiger partial charge in [0.25, 0.3) is 5.91 Å². The van der Waals surface area contributed by atoms with Gasteiger partial charge >= 0.3 is 0 Å².